The number of aliphatic hydroxyl groups is 4. The Hall–Kier alpha value is -1.18. The van der Waals surface area contributed by atoms with Crippen molar-refractivity contribution in [1.29, 1.82) is 0 Å². The fraction of sp³-hybridized carbons (Fsp3) is 0.500. The summed E-state index contributed by atoms with van der Waals surface area (Å²) in [4.78, 5) is 0. The third-order valence-electron chi connectivity index (χ3n) is 2.97. The molecule has 0 aromatic heterocycles. The Kier molecular flexibility index (Phi) is 4.15. The second-order valence-corrected chi connectivity index (χ2v) is 4.26. The number of hydrogen-bond acceptors (Lipinski definition) is 6. The third-order valence-corrected chi connectivity index (χ3v) is 2.97. The molecule has 0 amide bonds. The molecule has 5 atom stereocenters. The Labute approximate surface area is 104 Å². The number of aliphatic hydroxyl groups excluding tert-OH is 4. The quantitative estimate of drug-likeness (QED) is 0.470. The number of rotatable bonds is 3. The van der Waals surface area contributed by atoms with Crippen LogP contribution in [0.2, 0.25) is 0 Å². The maximum Gasteiger partial charge on any atom is 0.157 e. The van der Waals surface area contributed by atoms with Crippen LogP contribution in [0.3, 0.4) is 0 Å². The average molecular weight is 255 g/mol. The number of ether oxygens (including phenoxy) is 1. The van der Waals surface area contributed by atoms with Gasteiger partial charge in [-0.3, -0.25) is 0 Å². The zero-order valence-electron chi connectivity index (χ0n) is 9.68. The molecule has 6 heteroatoms. The van der Waals surface area contributed by atoms with Crippen LogP contribution in [0.1, 0.15) is 0 Å². The van der Waals surface area contributed by atoms with E-state index in [1.807, 2.05) is 18.2 Å². The van der Waals surface area contributed by atoms with Crippen LogP contribution >= 0.6 is 0 Å². The lowest BCUT2D eigenvalue weighted by molar-refractivity contribution is -0.221. The van der Waals surface area contributed by atoms with E-state index in [4.69, 9.17) is 9.84 Å². The number of para-hydroxylation sites is 1. The van der Waals surface area contributed by atoms with Crippen molar-refractivity contribution in [3.8, 4) is 0 Å². The SMILES string of the molecule is OC[C@H]1O[C@@H](Nc2ccccc2)[C@H](O)[C@@H](O)[C@@H]1O. The molecule has 1 heterocycles. The van der Waals surface area contributed by atoms with Crippen molar-refractivity contribution in [3.63, 3.8) is 0 Å². The summed E-state index contributed by atoms with van der Waals surface area (Å²) in [5.41, 5.74) is 0.710. The first-order chi connectivity index (χ1) is 8.63. The predicted octanol–water partition coefficient (Wildman–Crippen LogP) is -1.10. The minimum Gasteiger partial charge on any atom is -0.394 e. The van der Waals surface area contributed by atoms with Crippen LogP contribution < -0.4 is 5.32 Å². The molecule has 1 aromatic rings. The van der Waals surface area contributed by atoms with Crippen molar-refractivity contribution in [3.05, 3.63) is 30.3 Å². The van der Waals surface area contributed by atoms with E-state index in [1.54, 1.807) is 12.1 Å². The maximum atomic E-state index is 9.80. The summed E-state index contributed by atoms with van der Waals surface area (Å²) in [6.45, 7) is -0.433. The number of nitrogens with one attached hydrogen (secondary N) is 1. The van der Waals surface area contributed by atoms with Crippen molar-refractivity contribution in [2.75, 3.05) is 11.9 Å². The summed E-state index contributed by atoms with van der Waals surface area (Å²) < 4.78 is 5.31. The summed E-state index contributed by atoms with van der Waals surface area (Å²) in [5, 5.41) is 41.0. The van der Waals surface area contributed by atoms with E-state index in [2.05, 4.69) is 5.32 Å². The number of benzene rings is 1. The van der Waals surface area contributed by atoms with Crippen LogP contribution in [0.4, 0.5) is 5.69 Å². The van der Waals surface area contributed by atoms with Crippen molar-refractivity contribution in [2.24, 2.45) is 0 Å². The summed E-state index contributed by atoms with van der Waals surface area (Å²) in [6, 6.07) is 9.03. The molecule has 100 valence electrons. The Bertz CT molecular complexity index is 372. The number of anilines is 1. The van der Waals surface area contributed by atoms with Gasteiger partial charge in [-0.1, -0.05) is 18.2 Å². The topological polar surface area (TPSA) is 102 Å². The van der Waals surface area contributed by atoms with E-state index in [9.17, 15) is 15.3 Å². The molecule has 5 N–H and O–H groups in total. The lowest BCUT2D eigenvalue weighted by Crippen LogP contribution is -2.60. The van der Waals surface area contributed by atoms with Crippen molar-refractivity contribution in [1.82, 2.24) is 0 Å². The molecule has 1 aliphatic heterocycles. The zero-order valence-corrected chi connectivity index (χ0v) is 9.68. The van der Waals surface area contributed by atoms with Gasteiger partial charge < -0.3 is 30.5 Å². The van der Waals surface area contributed by atoms with Gasteiger partial charge in [0, 0.05) is 5.69 Å². The second-order valence-electron chi connectivity index (χ2n) is 4.26. The molecule has 1 saturated heterocycles. The minimum atomic E-state index is -1.36. The highest BCUT2D eigenvalue weighted by Crippen LogP contribution is 2.22. The Morgan fingerprint density at radius 3 is 2.28 bits per heavy atom. The standard InChI is InChI=1S/C12H17NO5/c14-6-8-9(15)10(16)11(17)12(18-8)13-7-4-2-1-3-5-7/h1-5,8-17H,6H2/t8-,9-,10+,11-,12-/m1/s1. The highest BCUT2D eigenvalue weighted by atomic mass is 16.6. The van der Waals surface area contributed by atoms with E-state index >= 15 is 0 Å². The lowest BCUT2D eigenvalue weighted by Gasteiger charge is -2.40. The largest absolute Gasteiger partial charge is 0.394 e. The molecule has 1 aromatic carbocycles. The van der Waals surface area contributed by atoms with Gasteiger partial charge in [0.15, 0.2) is 6.23 Å². The van der Waals surface area contributed by atoms with Gasteiger partial charge in [-0.2, -0.15) is 0 Å². The van der Waals surface area contributed by atoms with Crippen LogP contribution in [0.25, 0.3) is 0 Å². The Morgan fingerprint density at radius 2 is 1.67 bits per heavy atom. The minimum absolute atomic E-state index is 0.433. The third kappa shape index (κ3) is 2.63. The molecule has 1 aliphatic rings. The smallest absolute Gasteiger partial charge is 0.157 e. The summed E-state index contributed by atoms with van der Waals surface area (Å²) in [6.07, 6.45) is -5.76. The van der Waals surface area contributed by atoms with Gasteiger partial charge in [-0.15, -0.1) is 0 Å². The highest BCUT2D eigenvalue weighted by molar-refractivity contribution is 5.43. The molecule has 0 spiro atoms. The van der Waals surface area contributed by atoms with Crippen LogP contribution in [0.5, 0.6) is 0 Å². The van der Waals surface area contributed by atoms with E-state index < -0.39 is 37.3 Å². The molecule has 2 rings (SSSR count). The fourth-order valence-corrected chi connectivity index (χ4v) is 1.92. The monoisotopic (exact) mass is 255 g/mol. The number of hydrogen-bond donors (Lipinski definition) is 5. The first-order valence-corrected chi connectivity index (χ1v) is 5.75. The predicted molar refractivity (Wildman–Crippen MR) is 63.8 cm³/mol. The second kappa shape index (κ2) is 5.64. The Morgan fingerprint density at radius 1 is 1.00 bits per heavy atom. The molecule has 0 saturated carbocycles. The Balaban J connectivity index is 2.08. The lowest BCUT2D eigenvalue weighted by atomic mass is 9.98. The molecule has 1 fully saturated rings. The van der Waals surface area contributed by atoms with E-state index in [-0.39, 0.29) is 0 Å². The summed E-state index contributed by atoms with van der Waals surface area (Å²) in [7, 11) is 0. The van der Waals surface area contributed by atoms with Crippen molar-refractivity contribution < 1.29 is 25.2 Å². The normalized spacial score (nSPS) is 36.3. The van der Waals surface area contributed by atoms with Gasteiger partial charge in [0.2, 0.25) is 0 Å². The van der Waals surface area contributed by atoms with Gasteiger partial charge in [-0.05, 0) is 12.1 Å². The molecule has 6 nitrogen and oxygen atoms in total. The van der Waals surface area contributed by atoms with Gasteiger partial charge in [0.1, 0.15) is 24.4 Å². The fourth-order valence-electron chi connectivity index (χ4n) is 1.92. The van der Waals surface area contributed by atoms with Crippen LogP contribution in [-0.2, 0) is 4.74 Å². The molecule has 0 aliphatic carbocycles. The van der Waals surface area contributed by atoms with Crippen LogP contribution in [-0.4, -0.2) is 57.7 Å². The van der Waals surface area contributed by atoms with Gasteiger partial charge in [0.05, 0.1) is 6.61 Å². The molecule has 18 heavy (non-hydrogen) atoms. The maximum absolute atomic E-state index is 9.80. The molecular weight excluding hydrogens is 238 g/mol. The van der Waals surface area contributed by atoms with E-state index in [1.165, 1.54) is 0 Å². The van der Waals surface area contributed by atoms with E-state index in [0.717, 1.165) is 0 Å². The first-order valence-electron chi connectivity index (χ1n) is 5.75. The van der Waals surface area contributed by atoms with Gasteiger partial charge >= 0.3 is 0 Å². The van der Waals surface area contributed by atoms with E-state index in [0.29, 0.717) is 5.69 Å². The molecular formula is C12H17NO5. The van der Waals surface area contributed by atoms with Crippen LogP contribution in [0, 0.1) is 0 Å². The zero-order chi connectivity index (χ0) is 13.1. The molecule has 0 unspecified atom stereocenters. The molecule has 0 bridgehead atoms. The van der Waals surface area contributed by atoms with Gasteiger partial charge in [-0.25, -0.2) is 0 Å². The highest BCUT2D eigenvalue weighted by Gasteiger charge is 2.43. The van der Waals surface area contributed by atoms with Crippen molar-refractivity contribution >= 4 is 5.69 Å². The first kappa shape index (κ1) is 13.3. The average Bonchev–Trinajstić information content (AvgIpc) is 2.40. The summed E-state index contributed by atoms with van der Waals surface area (Å²) >= 11 is 0. The summed E-state index contributed by atoms with van der Waals surface area (Å²) in [5.74, 6) is 0. The van der Waals surface area contributed by atoms with Crippen LogP contribution in [0.15, 0.2) is 30.3 Å². The van der Waals surface area contributed by atoms with Crippen molar-refractivity contribution in [2.45, 2.75) is 30.6 Å². The molecule has 0 radical (unpaired) electrons. The van der Waals surface area contributed by atoms with Gasteiger partial charge in [0.25, 0.3) is 0 Å².